The Morgan fingerprint density at radius 2 is 1.95 bits per heavy atom. The van der Waals surface area contributed by atoms with Crippen molar-refractivity contribution in [1.82, 2.24) is 14.8 Å². The number of aromatic nitrogens is 3. The minimum Gasteiger partial charge on any atom is -0.462 e. The van der Waals surface area contributed by atoms with Crippen LogP contribution in [0, 0.1) is 5.82 Å². The van der Waals surface area contributed by atoms with E-state index in [4.69, 9.17) is 14.6 Å². The van der Waals surface area contributed by atoms with E-state index in [0.717, 1.165) is 33.2 Å². The Hall–Kier alpha value is -3.27. The number of benzene rings is 2. The molecular formula is C29H32FN3O3SSi. The lowest BCUT2D eigenvalue weighted by Crippen LogP contribution is -2.22. The van der Waals surface area contributed by atoms with Gasteiger partial charge < -0.3 is 9.47 Å². The summed E-state index contributed by atoms with van der Waals surface area (Å²) in [6.07, 6.45) is 5.61. The first-order chi connectivity index (χ1) is 18.2. The van der Waals surface area contributed by atoms with Gasteiger partial charge in [-0.3, -0.25) is 4.98 Å². The van der Waals surface area contributed by atoms with E-state index in [1.165, 1.54) is 23.9 Å². The molecule has 0 atom stereocenters. The zero-order valence-electron chi connectivity index (χ0n) is 22.1. The summed E-state index contributed by atoms with van der Waals surface area (Å²) in [5, 5.41) is 5.74. The van der Waals surface area contributed by atoms with Crippen LogP contribution in [0.2, 0.25) is 25.7 Å². The molecule has 0 fully saturated rings. The summed E-state index contributed by atoms with van der Waals surface area (Å²) in [7, 11) is -1.22. The number of nitrogens with zero attached hydrogens (tertiary/aromatic N) is 3. The minimum atomic E-state index is -1.22. The lowest BCUT2D eigenvalue weighted by Gasteiger charge is -2.15. The molecule has 6 nitrogen and oxygen atoms in total. The molecule has 0 saturated carbocycles. The van der Waals surface area contributed by atoms with Gasteiger partial charge in [-0.1, -0.05) is 43.5 Å². The fourth-order valence-electron chi connectivity index (χ4n) is 3.73. The molecule has 38 heavy (non-hydrogen) atoms. The molecule has 0 radical (unpaired) electrons. The molecule has 2 aromatic carbocycles. The summed E-state index contributed by atoms with van der Waals surface area (Å²) < 4.78 is 27.8. The Balaban J connectivity index is 1.67. The maximum absolute atomic E-state index is 14.8. The van der Waals surface area contributed by atoms with Crippen LogP contribution in [-0.2, 0) is 16.2 Å². The van der Waals surface area contributed by atoms with Gasteiger partial charge in [0.15, 0.2) is 0 Å². The third-order valence-electron chi connectivity index (χ3n) is 5.74. The average Bonchev–Trinajstić information content (AvgIpc) is 3.23. The largest absolute Gasteiger partial charge is 0.462 e. The lowest BCUT2D eigenvalue weighted by molar-refractivity contribution is 0.0521. The molecule has 2 aromatic heterocycles. The molecule has 0 unspecified atom stereocenters. The summed E-state index contributed by atoms with van der Waals surface area (Å²) in [6, 6.07) is 17.1. The second-order valence-electron chi connectivity index (χ2n) is 9.94. The minimum absolute atomic E-state index is 0.208. The number of hydrogen-bond donors (Lipinski definition) is 0. The van der Waals surface area contributed by atoms with Gasteiger partial charge in [-0.05, 0) is 67.6 Å². The van der Waals surface area contributed by atoms with E-state index < -0.39 is 19.9 Å². The van der Waals surface area contributed by atoms with Crippen LogP contribution >= 0.6 is 11.8 Å². The number of halogens is 1. The Bertz CT molecular complexity index is 1430. The van der Waals surface area contributed by atoms with E-state index in [1.54, 1.807) is 19.2 Å². The highest BCUT2D eigenvalue weighted by atomic mass is 32.2. The van der Waals surface area contributed by atoms with Crippen LogP contribution in [0.1, 0.15) is 28.7 Å². The third-order valence-corrected chi connectivity index (χ3v) is 8.56. The first-order valence-electron chi connectivity index (χ1n) is 12.6. The van der Waals surface area contributed by atoms with Crippen LogP contribution in [0.5, 0.6) is 0 Å². The molecular weight excluding hydrogens is 517 g/mol. The maximum atomic E-state index is 14.8. The summed E-state index contributed by atoms with van der Waals surface area (Å²) in [6.45, 7) is 9.87. The number of fused-ring (bicyclic) bond motifs is 1. The van der Waals surface area contributed by atoms with Gasteiger partial charge in [-0.2, -0.15) is 5.10 Å². The summed E-state index contributed by atoms with van der Waals surface area (Å²) in [5.41, 5.74) is 2.69. The van der Waals surface area contributed by atoms with Gasteiger partial charge in [0.1, 0.15) is 12.5 Å². The molecule has 0 aliphatic carbocycles. The van der Waals surface area contributed by atoms with Crippen molar-refractivity contribution in [1.29, 1.82) is 0 Å². The highest BCUT2D eigenvalue weighted by molar-refractivity contribution is 7.99. The highest BCUT2D eigenvalue weighted by Gasteiger charge is 2.19. The predicted octanol–water partition coefficient (Wildman–Crippen LogP) is 7.38. The normalized spacial score (nSPS) is 11.9. The van der Waals surface area contributed by atoms with Crippen molar-refractivity contribution < 1.29 is 18.7 Å². The van der Waals surface area contributed by atoms with Crippen molar-refractivity contribution in [2.45, 2.75) is 49.1 Å². The van der Waals surface area contributed by atoms with Crippen molar-refractivity contribution >= 4 is 48.9 Å². The van der Waals surface area contributed by atoms with Gasteiger partial charge in [-0.25, -0.2) is 13.9 Å². The first-order valence-corrected chi connectivity index (χ1v) is 17.1. The smallest absolute Gasteiger partial charge is 0.339 e. The highest BCUT2D eigenvalue weighted by Crippen LogP contribution is 2.35. The number of pyridine rings is 1. The summed E-state index contributed by atoms with van der Waals surface area (Å²) >= 11 is 1.19. The number of esters is 1. The van der Waals surface area contributed by atoms with E-state index in [1.807, 2.05) is 53.2 Å². The summed E-state index contributed by atoms with van der Waals surface area (Å²) in [4.78, 5) is 17.8. The Labute approximate surface area is 227 Å². The topological polar surface area (TPSA) is 66.2 Å². The summed E-state index contributed by atoms with van der Waals surface area (Å²) in [5.74, 6) is -1.01. The van der Waals surface area contributed by atoms with Crippen molar-refractivity contribution in [2.24, 2.45) is 0 Å². The lowest BCUT2D eigenvalue weighted by atomic mass is 10.2. The molecule has 198 valence electrons. The van der Waals surface area contributed by atoms with Crippen molar-refractivity contribution in [2.75, 3.05) is 13.2 Å². The van der Waals surface area contributed by atoms with Crippen molar-refractivity contribution in [3.63, 3.8) is 0 Å². The van der Waals surface area contributed by atoms with Crippen LogP contribution in [0.3, 0.4) is 0 Å². The van der Waals surface area contributed by atoms with E-state index in [2.05, 4.69) is 24.6 Å². The molecule has 0 spiro atoms. The molecule has 2 heterocycles. The van der Waals surface area contributed by atoms with E-state index >= 15 is 0 Å². The molecule has 0 aliphatic rings. The van der Waals surface area contributed by atoms with Crippen LogP contribution in [0.4, 0.5) is 4.39 Å². The Morgan fingerprint density at radius 3 is 2.68 bits per heavy atom. The third kappa shape index (κ3) is 7.18. The van der Waals surface area contributed by atoms with Gasteiger partial charge in [0.2, 0.25) is 0 Å². The molecule has 0 bridgehead atoms. The molecule has 0 N–H and O–H groups in total. The first kappa shape index (κ1) is 27.8. The number of carbonyl (C=O) groups is 1. The monoisotopic (exact) mass is 549 g/mol. The molecule has 4 aromatic rings. The van der Waals surface area contributed by atoms with E-state index in [9.17, 15) is 9.18 Å². The number of rotatable bonds is 11. The van der Waals surface area contributed by atoms with Gasteiger partial charge in [0.05, 0.1) is 34.0 Å². The van der Waals surface area contributed by atoms with E-state index in [-0.39, 0.29) is 17.1 Å². The Kier molecular flexibility index (Phi) is 9.14. The predicted molar refractivity (Wildman–Crippen MR) is 153 cm³/mol. The fourth-order valence-corrected chi connectivity index (χ4v) is 5.46. The molecule has 0 aliphatic heterocycles. The van der Waals surface area contributed by atoms with E-state index in [0.29, 0.717) is 13.3 Å². The quantitative estimate of drug-likeness (QED) is 0.110. The molecule has 4 rings (SSSR count). The van der Waals surface area contributed by atoms with Gasteiger partial charge in [0, 0.05) is 31.2 Å². The van der Waals surface area contributed by atoms with Gasteiger partial charge >= 0.3 is 5.97 Å². The maximum Gasteiger partial charge on any atom is 0.339 e. The number of ether oxygens (including phenoxy) is 2. The van der Waals surface area contributed by atoms with Gasteiger partial charge in [-0.15, -0.1) is 0 Å². The van der Waals surface area contributed by atoms with Crippen LogP contribution < -0.4 is 0 Å². The number of hydrogen-bond acceptors (Lipinski definition) is 6. The average molecular weight is 550 g/mol. The van der Waals surface area contributed by atoms with Gasteiger partial charge in [0.25, 0.3) is 0 Å². The van der Waals surface area contributed by atoms with Crippen LogP contribution in [0.25, 0.3) is 23.1 Å². The zero-order valence-corrected chi connectivity index (χ0v) is 23.9. The van der Waals surface area contributed by atoms with Crippen molar-refractivity contribution in [3.8, 4) is 0 Å². The Morgan fingerprint density at radius 1 is 1.11 bits per heavy atom. The fraction of sp³-hybridized carbons (Fsp3) is 0.276. The molecule has 0 amide bonds. The van der Waals surface area contributed by atoms with Crippen LogP contribution in [-0.4, -0.2) is 42.0 Å². The second-order valence-corrected chi connectivity index (χ2v) is 16.6. The second kappa shape index (κ2) is 12.5. The van der Waals surface area contributed by atoms with Crippen molar-refractivity contribution in [3.05, 3.63) is 83.6 Å². The standard InChI is InChI=1S/C29H32FN3O3SSi/c1-5-36-29(34)24-10-8-11-25(30)28(24)37-22-13-14-23-26(15-12-21-9-6-7-16-31-21)32-33(27(23)19-22)20-35-17-18-38(2,3)4/h6-16,19H,5,17-18,20H2,1-4H3. The SMILES string of the molecule is CCOC(=O)c1cccc(F)c1Sc1ccc2c(C=Cc3ccccn3)nn(COCC[Si](C)(C)C)c2c1. The van der Waals surface area contributed by atoms with Crippen LogP contribution in [0.15, 0.2) is 70.6 Å². The zero-order chi connectivity index (χ0) is 27.1. The molecule has 9 heteroatoms. The number of carbonyl (C=O) groups excluding carboxylic acids is 1. The molecule has 0 saturated heterocycles.